The van der Waals surface area contributed by atoms with Crippen molar-refractivity contribution in [2.75, 3.05) is 0 Å². The average molecular weight is 296 g/mol. The van der Waals surface area contributed by atoms with Crippen LogP contribution in [0.25, 0.3) is 0 Å². The monoisotopic (exact) mass is 296 g/mol. The Kier molecular flexibility index (Phi) is 5.15. The van der Waals surface area contributed by atoms with E-state index in [1.54, 1.807) is 0 Å². The van der Waals surface area contributed by atoms with Crippen LogP contribution >= 0.6 is 0 Å². The number of allylic oxidation sites excluding steroid dienone is 1. The lowest BCUT2D eigenvalue weighted by Gasteiger charge is -2.25. The smallest absolute Gasteiger partial charge is 0.0970 e. The van der Waals surface area contributed by atoms with Crippen molar-refractivity contribution in [3.63, 3.8) is 0 Å². The Balaban J connectivity index is 2.13. The van der Waals surface area contributed by atoms with Crippen LogP contribution in [0.4, 0.5) is 0 Å². The Morgan fingerprint density at radius 3 is 2.10 bits per heavy atom. The van der Waals surface area contributed by atoms with Crippen LogP contribution in [0, 0.1) is 0 Å². The first-order chi connectivity index (χ1) is 9.99. The average Bonchev–Trinajstić information content (AvgIpc) is 2.48. The zero-order valence-electron chi connectivity index (χ0n) is 13.1. The van der Waals surface area contributed by atoms with E-state index >= 15 is 0 Å². The van der Waals surface area contributed by atoms with Gasteiger partial charge in [0.15, 0.2) is 0 Å². The lowest BCUT2D eigenvalue weighted by Crippen LogP contribution is -2.31. The van der Waals surface area contributed by atoms with Gasteiger partial charge in [-0.05, 0) is 18.5 Å². The lowest BCUT2D eigenvalue weighted by atomic mass is 10.1. The highest BCUT2D eigenvalue weighted by molar-refractivity contribution is 6.83. The molecule has 0 spiro atoms. The van der Waals surface area contributed by atoms with E-state index in [4.69, 9.17) is 0 Å². The highest BCUT2D eigenvalue weighted by Crippen LogP contribution is 2.24. The molecule has 2 heteroatoms. The molecule has 0 aliphatic rings. The number of aliphatic hydroxyl groups is 1. The van der Waals surface area contributed by atoms with E-state index in [1.165, 1.54) is 10.8 Å². The molecular formula is C19H24OSi. The molecule has 21 heavy (non-hydrogen) atoms. The van der Waals surface area contributed by atoms with E-state index in [-0.39, 0.29) is 0 Å². The summed E-state index contributed by atoms with van der Waals surface area (Å²) < 4.78 is 0. The maximum absolute atomic E-state index is 10.4. The van der Waals surface area contributed by atoms with Crippen molar-refractivity contribution in [1.82, 2.24) is 0 Å². The second-order valence-electron chi connectivity index (χ2n) is 6.25. The van der Waals surface area contributed by atoms with Crippen molar-refractivity contribution >= 4 is 8.07 Å². The molecule has 0 heterocycles. The number of rotatable bonds is 5. The summed E-state index contributed by atoms with van der Waals surface area (Å²) in [4.78, 5) is 0. The van der Waals surface area contributed by atoms with Gasteiger partial charge in [-0.15, -0.1) is 0 Å². The van der Waals surface area contributed by atoms with E-state index in [1.807, 2.05) is 36.4 Å². The van der Waals surface area contributed by atoms with E-state index in [9.17, 15) is 5.11 Å². The topological polar surface area (TPSA) is 20.2 Å². The first-order valence-electron chi connectivity index (χ1n) is 7.45. The van der Waals surface area contributed by atoms with Gasteiger partial charge in [0.05, 0.1) is 14.2 Å². The van der Waals surface area contributed by atoms with Gasteiger partial charge in [-0.25, -0.2) is 0 Å². The fraction of sp³-hybridized carbons (Fsp3) is 0.263. The van der Waals surface area contributed by atoms with E-state index in [2.05, 4.69) is 50.3 Å². The Morgan fingerprint density at radius 2 is 1.52 bits per heavy atom. The maximum Gasteiger partial charge on any atom is 0.0970 e. The third kappa shape index (κ3) is 4.41. The van der Waals surface area contributed by atoms with Gasteiger partial charge in [-0.2, -0.15) is 0 Å². The van der Waals surface area contributed by atoms with Gasteiger partial charge in [0.1, 0.15) is 0 Å². The first-order valence-corrected chi connectivity index (χ1v) is 10.7. The van der Waals surface area contributed by atoms with Crippen LogP contribution in [0.3, 0.4) is 0 Å². The first kappa shape index (κ1) is 15.7. The van der Waals surface area contributed by atoms with Gasteiger partial charge < -0.3 is 5.11 Å². The molecule has 0 saturated heterocycles. The van der Waals surface area contributed by atoms with Gasteiger partial charge in [-0.3, -0.25) is 0 Å². The number of aliphatic hydroxyl groups excluding tert-OH is 1. The molecule has 1 unspecified atom stereocenters. The Hall–Kier alpha value is -1.64. The maximum atomic E-state index is 10.4. The fourth-order valence-electron chi connectivity index (χ4n) is 2.45. The predicted molar refractivity (Wildman–Crippen MR) is 92.8 cm³/mol. The van der Waals surface area contributed by atoms with Crippen molar-refractivity contribution in [2.24, 2.45) is 0 Å². The molecule has 0 radical (unpaired) electrons. The highest BCUT2D eigenvalue weighted by atomic mass is 28.3. The van der Waals surface area contributed by atoms with Crippen LogP contribution in [0.15, 0.2) is 71.9 Å². The minimum Gasteiger partial charge on any atom is -0.384 e. The van der Waals surface area contributed by atoms with Crippen LogP contribution in [0.2, 0.25) is 13.1 Å². The summed E-state index contributed by atoms with van der Waals surface area (Å²) in [6.07, 6.45) is 1.53. The Morgan fingerprint density at radius 1 is 1.00 bits per heavy atom. The second kappa shape index (κ2) is 6.88. The molecule has 1 atom stereocenters. The number of hydrogen-bond donors (Lipinski definition) is 1. The van der Waals surface area contributed by atoms with E-state index in [0.717, 1.165) is 11.6 Å². The molecule has 2 aromatic carbocycles. The summed E-state index contributed by atoms with van der Waals surface area (Å²) in [6.45, 7) is 6.90. The van der Waals surface area contributed by atoms with Crippen molar-refractivity contribution in [3.05, 3.63) is 83.1 Å². The molecule has 110 valence electrons. The summed E-state index contributed by atoms with van der Waals surface area (Å²) in [6, 6.07) is 21.6. The van der Waals surface area contributed by atoms with Gasteiger partial charge in [0, 0.05) is 0 Å². The lowest BCUT2D eigenvalue weighted by molar-refractivity contribution is 0.228. The minimum absolute atomic E-state index is 0.506. The largest absolute Gasteiger partial charge is 0.384 e. The number of hydrogen-bond acceptors (Lipinski definition) is 1. The van der Waals surface area contributed by atoms with Crippen molar-refractivity contribution in [2.45, 2.75) is 32.2 Å². The van der Waals surface area contributed by atoms with Crippen LogP contribution in [0.5, 0.6) is 0 Å². The van der Waals surface area contributed by atoms with Gasteiger partial charge >= 0.3 is 0 Å². The zero-order valence-corrected chi connectivity index (χ0v) is 14.1. The normalized spacial score (nSPS) is 14.0. The van der Waals surface area contributed by atoms with E-state index in [0.29, 0.717) is 0 Å². The molecule has 0 amide bonds. The summed E-state index contributed by atoms with van der Waals surface area (Å²) in [5, 5.41) is 11.7. The van der Waals surface area contributed by atoms with E-state index < -0.39 is 14.2 Å². The van der Waals surface area contributed by atoms with Crippen molar-refractivity contribution in [3.8, 4) is 0 Å². The van der Waals surface area contributed by atoms with Gasteiger partial charge in [0.2, 0.25) is 0 Å². The minimum atomic E-state index is -1.54. The summed E-state index contributed by atoms with van der Waals surface area (Å²) in [7, 11) is -1.54. The van der Waals surface area contributed by atoms with Crippen molar-refractivity contribution < 1.29 is 5.11 Å². The van der Waals surface area contributed by atoms with Gasteiger partial charge in [-0.1, -0.05) is 90.6 Å². The molecule has 2 aromatic rings. The summed E-state index contributed by atoms with van der Waals surface area (Å²) in [5.74, 6) is 0. The molecule has 0 aliphatic heterocycles. The highest BCUT2D eigenvalue weighted by Gasteiger charge is 2.24. The third-order valence-corrected chi connectivity index (χ3v) is 7.70. The molecule has 1 nitrogen and oxygen atoms in total. The molecular weight excluding hydrogens is 272 g/mol. The molecule has 0 aliphatic carbocycles. The molecule has 0 saturated carbocycles. The predicted octanol–water partition coefficient (Wildman–Crippen LogP) is 4.70. The summed E-state index contributed by atoms with van der Waals surface area (Å²) in [5.41, 5.74) is 2.34. The summed E-state index contributed by atoms with van der Waals surface area (Å²) >= 11 is 0. The van der Waals surface area contributed by atoms with Crippen LogP contribution in [-0.2, 0) is 6.04 Å². The zero-order chi connectivity index (χ0) is 15.3. The van der Waals surface area contributed by atoms with Crippen LogP contribution in [0.1, 0.15) is 24.2 Å². The quantitative estimate of drug-likeness (QED) is 0.793. The molecule has 0 fully saturated rings. The molecule has 0 bridgehead atoms. The SMILES string of the molecule is C/C(=C/C(O)c1ccccc1)[Si](C)(C)Cc1ccccc1. The standard InChI is InChI=1S/C19H24OSi/c1-16(14-19(20)18-12-8-5-9-13-18)21(2,3)15-17-10-6-4-7-11-17/h4-14,19-20H,15H2,1-3H3/b16-14-. The van der Waals surface area contributed by atoms with Gasteiger partial charge in [0.25, 0.3) is 0 Å². The Labute approximate surface area is 129 Å². The van der Waals surface area contributed by atoms with Crippen LogP contribution in [-0.4, -0.2) is 13.2 Å². The van der Waals surface area contributed by atoms with Crippen molar-refractivity contribution in [1.29, 1.82) is 0 Å². The Bertz CT molecular complexity index is 587. The number of benzene rings is 2. The second-order valence-corrected chi connectivity index (χ2v) is 11.2. The molecule has 2 rings (SSSR count). The molecule has 1 N–H and O–H groups in total. The fourth-order valence-corrected chi connectivity index (χ4v) is 4.60. The third-order valence-electron chi connectivity index (χ3n) is 4.11. The molecule has 0 aromatic heterocycles. The van der Waals surface area contributed by atoms with Crippen LogP contribution < -0.4 is 0 Å².